The van der Waals surface area contributed by atoms with Gasteiger partial charge in [-0.05, 0) is 45.4 Å². The molecule has 160 valence electrons. The van der Waals surface area contributed by atoms with E-state index in [0.29, 0.717) is 17.1 Å². The molecule has 0 radical (unpaired) electrons. The van der Waals surface area contributed by atoms with Crippen LogP contribution in [-0.2, 0) is 23.6 Å². The van der Waals surface area contributed by atoms with Crippen molar-refractivity contribution in [3.05, 3.63) is 17.7 Å². The van der Waals surface area contributed by atoms with E-state index in [1.165, 1.54) is 28.3 Å². The van der Waals surface area contributed by atoms with Crippen LogP contribution < -0.4 is 14.2 Å². The maximum atomic E-state index is 12.1. The molecule has 1 aromatic rings. The van der Waals surface area contributed by atoms with Crippen molar-refractivity contribution in [3.8, 4) is 17.2 Å². The molecule has 1 aliphatic heterocycles. The lowest BCUT2D eigenvalue weighted by molar-refractivity contribution is -0.140. The Bertz CT molecular complexity index is 733. The highest BCUT2D eigenvalue weighted by Crippen LogP contribution is 2.45. The standard InChI is InChI=1S/C20H29BO8/c1-12(22)27-18-15(24-6)9-13(10-16(18)25-7)14(11-17(23)26-8)21-28-19(2,3)20(4,5)29-21/h9-10,14H,11H2,1-8H3. The van der Waals surface area contributed by atoms with Gasteiger partial charge in [0.05, 0.1) is 39.0 Å². The molecule has 0 bridgehead atoms. The van der Waals surface area contributed by atoms with E-state index >= 15 is 0 Å². The van der Waals surface area contributed by atoms with E-state index in [2.05, 4.69) is 0 Å². The minimum atomic E-state index is -0.701. The summed E-state index contributed by atoms with van der Waals surface area (Å²) in [6, 6.07) is 3.36. The zero-order valence-electron chi connectivity index (χ0n) is 18.3. The molecule has 0 aliphatic carbocycles. The maximum Gasteiger partial charge on any atom is 0.466 e. The lowest BCUT2D eigenvalue weighted by atomic mass is 9.66. The zero-order valence-corrected chi connectivity index (χ0v) is 18.3. The first-order valence-corrected chi connectivity index (χ1v) is 9.32. The number of rotatable bonds is 7. The summed E-state index contributed by atoms with van der Waals surface area (Å²) in [4.78, 5) is 23.6. The number of carbonyl (C=O) groups is 2. The van der Waals surface area contributed by atoms with Crippen LogP contribution in [0.4, 0.5) is 0 Å². The lowest BCUT2D eigenvalue weighted by Gasteiger charge is -2.32. The Morgan fingerprint density at radius 3 is 1.86 bits per heavy atom. The molecule has 0 amide bonds. The number of hydrogen-bond donors (Lipinski definition) is 0. The highest BCUT2D eigenvalue weighted by atomic mass is 16.7. The normalized spacial score (nSPS) is 18.1. The quantitative estimate of drug-likeness (QED) is 0.387. The Hall–Kier alpha value is -2.26. The Morgan fingerprint density at radius 2 is 1.48 bits per heavy atom. The van der Waals surface area contributed by atoms with Crippen LogP contribution in [-0.4, -0.2) is 51.6 Å². The molecule has 0 saturated carbocycles. The van der Waals surface area contributed by atoms with Gasteiger partial charge >= 0.3 is 19.1 Å². The van der Waals surface area contributed by atoms with Crippen molar-refractivity contribution in [2.75, 3.05) is 21.3 Å². The minimum absolute atomic E-state index is 0.0204. The molecule has 1 unspecified atom stereocenters. The van der Waals surface area contributed by atoms with E-state index in [9.17, 15) is 9.59 Å². The van der Waals surface area contributed by atoms with Gasteiger partial charge in [0, 0.05) is 12.7 Å². The summed E-state index contributed by atoms with van der Waals surface area (Å²) in [5.74, 6) is -0.672. The van der Waals surface area contributed by atoms with Crippen LogP contribution in [0.1, 0.15) is 52.4 Å². The Morgan fingerprint density at radius 1 is 1.00 bits per heavy atom. The molecule has 0 spiro atoms. The molecule has 1 aromatic carbocycles. The highest BCUT2D eigenvalue weighted by Gasteiger charge is 2.54. The summed E-state index contributed by atoms with van der Waals surface area (Å²) < 4.78 is 33.3. The second-order valence-electron chi connectivity index (χ2n) is 7.86. The topological polar surface area (TPSA) is 89.5 Å². The molecule has 0 N–H and O–H groups in total. The van der Waals surface area contributed by atoms with Crippen LogP contribution in [0.3, 0.4) is 0 Å². The second-order valence-corrected chi connectivity index (χ2v) is 7.86. The van der Waals surface area contributed by atoms with E-state index in [4.69, 9.17) is 28.3 Å². The molecule has 8 nitrogen and oxygen atoms in total. The van der Waals surface area contributed by atoms with E-state index < -0.39 is 36.1 Å². The first-order valence-electron chi connectivity index (χ1n) is 9.32. The average molecular weight is 408 g/mol. The Kier molecular flexibility index (Phi) is 6.85. The van der Waals surface area contributed by atoms with Crippen molar-refractivity contribution in [1.82, 2.24) is 0 Å². The summed E-state index contributed by atoms with van der Waals surface area (Å²) in [6.07, 6.45) is 0.0204. The molecule has 1 atom stereocenters. The molecule has 1 fully saturated rings. The molecule has 9 heteroatoms. The van der Waals surface area contributed by atoms with Crippen LogP contribution >= 0.6 is 0 Å². The smallest absolute Gasteiger partial charge is 0.466 e. The van der Waals surface area contributed by atoms with E-state index in [-0.39, 0.29) is 12.2 Å². The number of carbonyl (C=O) groups excluding carboxylic acids is 2. The molecule has 1 aliphatic rings. The average Bonchev–Trinajstić information content (AvgIpc) is 2.86. The second kappa shape index (κ2) is 8.63. The van der Waals surface area contributed by atoms with E-state index in [1.54, 1.807) is 12.1 Å². The lowest BCUT2D eigenvalue weighted by Crippen LogP contribution is -2.41. The molecule has 2 rings (SSSR count). The van der Waals surface area contributed by atoms with Crippen molar-refractivity contribution >= 4 is 19.1 Å². The fraction of sp³-hybridized carbons (Fsp3) is 0.600. The molecular formula is C20H29BO8. The third-order valence-corrected chi connectivity index (χ3v) is 5.37. The summed E-state index contributed by atoms with van der Waals surface area (Å²) in [6.45, 7) is 9.04. The fourth-order valence-corrected chi connectivity index (χ4v) is 3.05. The summed E-state index contributed by atoms with van der Waals surface area (Å²) >= 11 is 0. The van der Waals surface area contributed by atoms with Gasteiger partial charge < -0.3 is 28.3 Å². The molecule has 1 heterocycles. The maximum absolute atomic E-state index is 12.1. The van der Waals surface area contributed by atoms with Crippen molar-refractivity contribution in [3.63, 3.8) is 0 Å². The number of benzene rings is 1. The van der Waals surface area contributed by atoms with Crippen LogP contribution in [0, 0.1) is 0 Å². The van der Waals surface area contributed by atoms with Gasteiger partial charge in [0.25, 0.3) is 0 Å². The van der Waals surface area contributed by atoms with Crippen molar-refractivity contribution in [2.45, 2.75) is 58.1 Å². The Balaban J connectivity index is 2.54. The van der Waals surface area contributed by atoms with Gasteiger partial charge in [-0.2, -0.15) is 0 Å². The largest absolute Gasteiger partial charge is 0.493 e. The summed E-state index contributed by atoms with van der Waals surface area (Å²) in [7, 11) is 3.54. The van der Waals surface area contributed by atoms with Gasteiger partial charge in [0.15, 0.2) is 11.5 Å². The first kappa shape index (κ1) is 23.0. The number of esters is 2. The monoisotopic (exact) mass is 408 g/mol. The Labute approximate surface area is 171 Å². The third kappa shape index (κ3) is 4.84. The van der Waals surface area contributed by atoms with Gasteiger partial charge in [0.2, 0.25) is 5.75 Å². The van der Waals surface area contributed by atoms with Gasteiger partial charge in [-0.3, -0.25) is 9.59 Å². The van der Waals surface area contributed by atoms with E-state index in [1.807, 2.05) is 27.7 Å². The minimum Gasteiger partial charge on any atom is -0.493 e. The number of methoxy groups -OCH3 is 3. The number of ether oxygens (including phenoxy) is 4. The summed E-state index contributed by atoms with van der Waals surface area (Å²) in [5, 5.41) is 0. The van der Waals surface area contributed by atoms with Gasteiger partial charge in [-0.25, -0.2) is 0 Å². The van der Waals surface area contributed by atoms with Crippen molar-refractivity contribution in [2.24, 2.45) is 0 Å². The highest BCUT2D eigenvalue weighted by molar-refractivity contribution is 6.48. The molecule has 1 saturated heterocycles. The van der Waals surface area contributed by atoms with Crippen LogP contribution in [0.25, 0.3) is 0 Å². The molecule has 0 aromatic heterocycles. The number of hydrogen-bond acceptors (Lipinski definition) is 8. The third-order valence-electron chi connectivity index (χ3n) is 5.37. The van der Waals surface area contributed by atoms with E-state index in [0.717, 1.165) is 0 Å². The van der Waals surface area contributed by atoms with Crippen LogP contribution in [0.2, 0.25) is 0 Å². The molecule has 29 heavy (non-hydrogen) atoms. The first-order chi connectivity index (χ1) is 13.5. The van der Waals surface area contributed by atoms with Gasteiger partial charge in [-0.1, -0.05) is 0 Å². The van der Waals surface area contributed by atoms with Gasteiger partial charge in [0.1, 0.15) is 0 Å². The van der Waals surface area contributed by atoms with Crippen molar-refractivity contribution in [1.29, 1.82) is 0 Å². The van der Waals surface area contributed by atoms with Crippen LogP contribution in [0.15, 0.2) is 12.1 Å². The molecular weight excluding hydrogens is 379 g/mol. The fourth-order valence-electron chi connectivity index (χ4n) is 3.05. The summed E-state index contributed by atoms with van der Waals surface area (Å²) in [5.41, 5.74) is -0.478. The predicted octanol–water partition coefficient (Wildman–Crippen LogP) is 2.91. The predicted molar refractivity (Wildman–Crippen MR) is 106 cm³/mol. The van der Waals surface area contributed by atoms with Crippen LogP contribution in [0.5, 0.6) is 17.2 Å². The van der Waals surface area contributed by atoms with Gasteiger partial charge in [-0.15, -0.1) is 0 Å². The zero-order chi connectivity index (χ0) is 22.0. The SMILES string of the molecule is COC(=O)CC(B1OC(C)(C)C(C)(C)O1)c1cc(OC)c(OC(C)=O)c(OC)c1. The van der Waals surface area contributed by atoms with Crippen molar-refractivity contribution < 1.29 is 37.8 Å².